The Labute approximate surface area is 133 Å². The van der Waals surface area contributed by atoms with E-state index in [0.717, 1.165) is 38.2 Å². The third kappa shape index (κ3) is 4.25. The molecule has 128 valence electrons. The zero-order valence-corrected chi connectivity index (χ0v) is 13.0. The third-order valence-electron chi connectivity index (χ3n) is 4.25. The molecule has 0 amide bonds. The Bertz CT molecular complexity index is 549. The Morgan fingerprint density at radius 2 is 1.96 bits per heavy atom. The molecule has 1 atom stereocenters. The maximum Gasteiger partial charge on any atom is 0.416 e. The van der Waals surface area contributed by atoms with Crippen LogP contribution in [0.5, 0.6) is 0 Å². The Morgan fingerprint density at radius 3 is 2.52 bits per heavy atom. The number of rotatable bonds is 4. The van der Waals surface area contributed by atoms with Crippen LogP contribution in [0.25, 0.3) is 0 Å². The summed E-state index contributed by atoms with van der Waals surface area (Å²) in [4.78, 5) is 11.5. The van der Waals surface area contributed by atoms with Gasteiger partial charge in [-0.25, -0.2) is 4.79 Å². The molecule has 0 aromatic heterocycles. The Morgan fingerprint density at radius 1 is 1.30 bits per heavy atom. The van der Waals surface area contributed by atoms with Crippen LogP contribution in [0.2, 0.25) is 0 Å². The van der Waals surface area contributed by atoms with Crippen molar-refractivity contribution in [2.24, 2.45) is 0 Å². The topological polar surface area (TPSA) is 46.5 Å². The van der Waals surface area contributed by atoms with Gasteiger partial charge in [-0.15, -0.1) is 0 Å². The van der Waals surface area contributed by atoms with Gasteiger partial charge >= 0.3 is 12.1 Å². The molecule has 1 N–H and O–H groups in total. The van der Waals surface area contributed by atoms with Gasteiger partial charge in [0.25, 0.3) is 0 Å². The zero-order valence-electron chi connectivity index (χ0n) is 13.0. The molecular formula is C17H21F3O3. The van der Waals surface area contributed by atoms with Crippen molar-refractivity contribution >= 4 is 5.97 Å². The number of benzene rings is 1. The number of esters is 1. The summed E-state index contributed by atoms with van der Waals surface area (Å²) in [6, 6.07) is 3.67. The smallest absolute Gasteiger partial charge is 0.416 e. The van der Waals surface area contributed by atoms with Gasteiger partial charge in [0, 0.05) is 0 Å². The first-order valence-corrected chi connectivity index (χ1v) is 7.90. The van der Waals surface area contributed by atoms with Gasteiger partial charge in [-0.2, -0.15) is 13.2 Å². The highest BCUT2D eigenvalue weighted by atomic mass is 19.4. The Kier molecular flexibility index (Phi) is 5.68. The van der Waals surface area contributed by atoms with E-state index in [1.54, 1.807) is 6.92 Å². The van der Waals surface area contributed by atoms with E-state index in [4.69, 9.17) is 0 Å². The van der Waals surface area contributed by atoms with Crippen LogP contribution in [0.4, 0.5) is 13.2 Å². The molecule has 1 aliphatic carbocycles. The molecule has 0 radical (unpaired) electrons. The van der Waals surface area contributed by atoms with Crippen LogP contribution in [0.1, 0.15) is 67.7 Å². The predicted octanol–water partition coefficient (Wildman–Crippen LogP) is 4.35. The van der Waals surface area contributed by atoms with Crippen molar-refractivity contribution in [1.29, 1.82) is 0 Å². The van der Waals surface area contributed by atoms with Gasteiger partial charge in [-0.3, -0.25) is 0 Å². The van der Waals surface area contributed by atoms with Crippen LogP contribution in [0, 0.1) is 0 Å². The zero-order chi connectivity index (χ0) is 17.0. The molecule has 0 aliphatic heterocycles. The molecule has 2 rings (SSSR count). The van der Waals surface area contributed by atoms with Gasteiger partial charge < -0.3 is 9.84 Å². The van der Waals surface area contributed by atoms with Crippen LogP contribution >= 0.6 is 0 Å². The molecule has 1 fully saturated rings. The molecule has 1 unspecified atom stereocenters. The monoisotopic (exact) mass is 330 g/mol. The van der Waals surface area contributed by atoms with E-state index in [0.29, 0.717) is 0 Å². The first-order valence-electron chi connectivity index (χ1n) is 7.90. The minimum atomic E-state index is -4.52. The number of halogens is 3. The summed E-state index contributed by atoms with van der Waals surface area (Å²) in [6.45, 7) is 1.63. The average Bonchev–Trinajstić information content (AvgIpc) is 2.54. The fraction of sp³-hybridized carbons (Fsp3) is 0.588. The fourth-order valence-electron chi connectivity index (χ4n) is 3.12. The minimum absolute atomic E-state index is 0.0577. The lowest BCUT2D eigenvalue weighted by Gasteiger charge is -2.26. The van der Waals surface area contributed by atoms with Gasteiger partial charge in [-0.1, -0.05) is 31.4 Å². The van der Waals surface area contributed by atoms with Crippen molar-refractivity contribution in [2.45, 2.75) is 57.2 Å². The molecule has 23 heavy (non-hydrogen) atoms. The van der Waals surface area contributed by atoms with E-state index >= 15 is 0 Å². The van der Waals surface area contributed by atoms with Gasteiger partial charge in [0.2, 0.25) is 0 Å². The van der Waals surface area contributed by atoms with Crippen molar-refractivity contribution in [3.05, 3.63) is 34.9 Å². The standard InChI is InChI=1S/C17H21F3O3/c1-2-23-16(22)15(21)12-8-9-13(11-6-4-3-5-7-11)14(10-12)17(18,19)20/h8-11,15,21H,2-7H2,1H3. The molecule has 1 saturated carbocycles. The molecule has 6 heteroatoms. The highest BCUT2D eigenvalue weighted by Gasteiger charge is 2.36. The Balaban J connectivity index is 2.36. The van der Waals surface area contributed by atoms with Crippen LogP contribution in [0.15, 0.2) is 18.2 Å². The van der Waals surface area contributed by atoms with Crippen molar-refractivity contribution < 1.29 is 27.8 Å². The highest BCUT2D eigenvalue weighted by Crippen LogP contribution is 2.41. The van der Waals surface area contributed by atoms with E-state index < -0.39 is 23.8 Å². The first kappa shape index (κ1) is 17.8. The average molecular weight is 330 g/mol. The molecule has 0 heterocycles. The van der Waals surface area contributed by atoms with Gasteiger partial charge in [0.1, 0.15) is 0 Å². The SMILES string of the molecule is CCOC(=O)C(O)c1ccc(C2CCCCC2)c(C(F)(F)F)c1. The second kappa shape index (κ2) is 7.34. The normalized spacial score (nSPS) is 17.8. The maximum absolute atomic E-state index is 13.4. The van der Waals surface area contributed by atoms with Gasteiger partial charge in [-0.05, 0) is 42.9 Å². The number of aliphatic hydroxyl groups is 1. The quantitative estimate of drug-likeness (QED) is 0.835. The van der Waals surface area contributed by atoms with E-state index in [1.807, 2.05) is 0 Å². The summed E-state index contributed by atoms with van der Waals surface area (Å²) in [7, 11) is 0. The summed E-state index contributed by atoms with van der Waals surface area (Å²) in [5.74, 6) is -1.06. The van der Waals surface area contributed by atoms with Gasteiger partial charge in [0.15, 0.2) is 6.10 Å². The highest BCUT2D eigenvalue weighted by molar-refractivity contribution is 5.76. The molecule has 1 aromatic rings. The molecule has 1 aromatic carbocycles. The van der Waals surface area contributed by atoms with Crippen molar-refractivity contribution in [2.75, 3.05) is 6.61 Å². The van der Waals surface area contributed by atoms with Crippen LogP contribution in [-0.2, 0) is 15.7 Å². The largest absolute Gasteiger partial charge is 0.464 e. The summed E-state index contributed by atoms with van der Waals surface area (Å²) in [6.07, 6.45) is -1.83. The summed E-state index contributed by atoms with van der Waals surface area (Å²) in [5.41, 5.74) is -0.586. The van der Waals surface area contributed by atoms with Crippen LogP contribution in [0.3, 0.4) is 0 Å². The molecule has 0 bridgehead atoms. The molecule has 3 nitrogen and oxygen atoms in total. The molecule has 0 spiro atoms. The van der Waals surface area contributed by atoms with Crippen LogP contribution in [-0.4, -0.2) is 17.7 Å². The van der Waals surface area contributed by atoms with Crippen molar-refractivity contribution in [1.82, 2.24) is 0 Å². The number of carbonyl (C=O) groups is 1. The number of carbonyl (C=O) groups excluding carboxylic acids is 1. The Hall–Kier alpha value is -1.56. The molecule has 1 aliphatic rings. The third-order valence-corrected chi connectivity index (χ3v) is 4.25. The summed E-state index contributed by atoms with van der Waals surface area (Å²) >= 11 is 0. The predicted molar refractivity (Wildman–Crippen MR) is 78.9 cm³/mol. The number of ether oxygens (including phenoxy) is 1. The molecule has 0 saturated heterocycles. The molecular weight excluding hydrogens is 309 g/mol. The van der Waals surface area contributed by atoms with E-state index in [1.165, 1.54) is 12.1 Å². The maximum atomic E-state index is 13.4. The summed E-state index contributed by atoms with van der Waals surface area (Å²) < 4.78 is 44.9. The fourth-order valence-corrected chi connectivity index (χ4v) is 3.12. The van der Waals surface area contributed by atoms with E-state index in [2.05, 4.69) is 4.74 Å². The van der Waals surface area contributed by atoms with Gasteiger partial charge in [0.05, 0.1) is 12.2 Å². The number of aliphatic hydroxyl groups excluding tert-OH is 1. The van der Waals surface area contributed by atoms with E-state index in [9.17, 15) is 23.1 Å². The second-order valence-corrected chi connectivity index (χ2v) is 5.83. The lowest BCUT2D eigenvalue weighted by Crippen LogP contribution is -2.18. The summed E-state index contributed by atoms with van der Waals surface area (Å²) in [5, 5.41) is 9.87. The lowest BCUT2D eigenvalue weighted by molar-refractivity contribution is -0.153. The first-order chi connectivity index (χ1) is 10.8. The van der Waals surface area contributed by atoms with E-state index in [-0.39, 0.29) is 23.7 Å². The minimum Gasteiger partial charge on any atom is -0.464 e. The lowest BCUT2D eigenvalue weighted by atomic mass is 9.81. The second-order valence-electron chi connectivity index (χ2n) is 5.83. The van der Waals surface area contributed by atoms with Crippen molar-refractivity contribution in [3.63, 3.8) is 0 Å². The van der Waals surface area contributed by atoms with Crippen molar-refractivity contribution in [3.8, 4) is 0 Å². The number of hydrogen-bond acceptors (Lipinski definition) is 3. The van der Waals surface area contributed by atoms with Crippen LogP contribution < -0.4 is 0 Å². The number of hydrogen-bond donors (Lipinski definition) is 1. The number of alkyl halides is 3.